The molecule has 1 heterocycles. The third kappa shape index (κ3) is 1.67. The fourth-order valence-corrected chi connectivity index (χ4v) is 2.25. The first-order chi connectivity index (χ1) is 7.11. The van der Waals surface area contributed by atoms with Crippen LogP contribution >= 0.6 is 15.9 Å². The van der Waals surface area contributed by atoms with Gasteiger partial charge in [0, 0.05) is 10.0 Å². The van der Waals surface area contributed by atoms with Crippen LogP contribution in [0.2, 0.25) is 0 Å². The number of hydrogen-bond donors (Lipinski definition) is 1. The molecule has 0 bridgehead atoms. The van der Waals surface area contributed by atoms with Gasteiger partial charge in [0.1, 0.15) is 13.2 Å². The molecule has 0 saturated carbocycles. The fraction of sp³-hybridized carbons (Fsp3) is 0.300. The number of hydrogen-bond acceptors (Lipinski definition) is 3. The molecule has 1 aliphatic rings. The number of aromatic carboxylic acids is 1. The first-order valence-corrected chi connectivity index (χ1v) is 5.22. The summed E-state index contributed by atoms with van der Waals surface area (Å²) >= 11 is 3.21. The first-order valence-electron chi connectivity index (χ1n) is 4.43. The summed E-state index contributed by atoms with van der Waals surface area (Å²) in [6.45, 7) is 2.65. The maximum atomic E-state index is 11.0. The maximum absolute atomic E-state index is 11.0. The Hall–Kier alpha value is -1.23. The number of carboxylic acid groups (broad SMARTS) is 1. The second kappa shape index (κ2) is 3.73. The van der Waals surface area contributed by atoms with Crippen molar-refractivity contribution in [2.75, 3.05) is 13.2 Å². The molecule has 0 unspecified atom stereocenters. The Morgan fingerprint density at radius 2 is 2.13 bits per heavy atom. The largest absolute Gasteiger partial charge is 0.486 e. The minimum absolute atomic E-state index is 0.222. The van der Waals surface area contributed by atoms with Crippen molar-refractivity contribution in [2.24, 2.45) is 0 Å². The molecule has 4 nitrogen and oxygen atoms in total. The molecule has 1 aliphatic heterocycles. The van der Waals surface area contributed by atoms with E-state index >= 15 is 0 Å². The minimum Gasteiger partial charge on any atom is -0.486 e. The van der Waals surface area contributed by atoms with Crippen LogP contribution < -0.4 is 9.47 Å². The summed E-state index contributed by atoms with van der Waals surface area (Å²) in [6, 6.07) is 1.63. The summed E-state index contributed by atoms with van der Waals surface area (Å²) in [7, 11) is 0. The molecule has 80 valence electrons. The zero-order chi connectivity index (χ0) is 11.0. The van der Waals surface area contributed by atoms with E-state index in [0.29, 0.717) is 34.7 Å². The van der Waals surface area contributed by atoms with Gasteiger partial charge in [-0.15, -0.1) is 0 Å². The monoisotopic (exact) mass is 272 g/mol. The Labute approximate surface area is 94.9 Å². The lowest BCUT2D eigenvalue weighted by Gasteiger charge is -2.21. The number of rotatable bonds is 1. The van der Waals surface area contributed by atoms with Gasteiger partial charge in [-0.3, -0.25) is 0 Å². The van der Waals surface area contributed by atoms with Crippen molar-refractivity contribution in [1.82, 2.24) is 0 Å². The second-order valence-corrected chi connectivity index (χ2v) is 4.04. The first kappa shape index (κ1) is 10.3. The summed E-state index contributed by atoms with van der Waals surface area (Å²) in [6.07, 6.45) is 0. The highest BCUT2D eigenvalue weighted by Gasteiger charge is 2.22. The van der Waals surface area contributed by atoms with E-state index in [0.717, 1.165) is 0 Å². The second-order valence-electron chi connectivity index (χ2n) is 3.19. The Balaban J connectivity index is 2.64. The van der Waals surface area contributed by atoms with E-state index in [2.05, 4.69) is 15.9 Å². The van der Waals surface area contributed by atoms with Crippen LogP contribution in [0.3, 0.4) is 0 Å². The van der Waals surface area contributed by atoms with E-state index in [9.17, 15) is 4.79 Å². The molecule has 5 heteroatoms. The van der Waals surface area contributed by atoms with Gasteiger partial charge in [-0.05, 0) is 28.9 Å². The fourth-order valence-electron chi connectivity index (χ4n) is 1.57. The van der Waals surface area contributed by atoms with Crippen molar-refractivity contribution in [3.05, 3.63) is 21.7 Å². The molecule has 0 fully saturated rings. The van der Waals surface area contributed by atoms with Crippen LogP contribution in [0.1, 0.15) is 15.9 Å². The molecule has 1 aromatic rings. The van der Waals surface area contributed by atoms with Crippen molar-refractivity contribution >= 4 is 21.9 Å². The summed E-state index contributed by atoms with van der Waals surface area (Å²) in [5, 5.41) is 9.02. The number of ether oxygens (including phenoxy) is 2. The smallest absolute Gasteiger partial charge is 0.337 e. The lowest BCUT2D eigenvalue weighted by molar-refractivity contribution is 0.0693. The van der Waals surface area contributed by atoms with Crippen LogP contribution in [0.4, 0.5) is 0 Å². The Morgan fingerprint density at radius 1 is 1.47 bits per heavy atom. The van der Waals surface area contributed by atoms with Crippen molar-refractivity contribution in [3.8, 4) is 11.5 Å². The highest BCUT2D eigenvalue weighted by Crippen LogP contribution is 2.39. The third-order valence-electron chi connectivity index (χ3n) is 2.24. The van der Waals surface area contributed by atoms with Gasteiger partial charge >= 0.3 is 5.97 Å². The predicted octanol–water partition coefficient (Wildman–Crippen LogP) is 2.23. The molecule has 0 aromatic heterocycles. The number of carbonyl (C=O) groups is 1. The lowest BCUT2D eigenvalue weighted by atomic mass is 10.1. The lowest BCUT2D eigenvalue weighted by Crippen LogP contribution is -2.17. The molecule has 1 aromatic carbocycles. The van der Waals surface area contributed by atoms with E-state index in [1.807, 2.05) is 0 Å². The van der Waals surface area contributed by atoms with E-state index in [4.69, 9.17) is 14.6 Å². The average Bonchev–Trinajstić information content (AvgIpc) is 2.17. The number of carboxylic acids is 1. The molecule has 15 heavy (non-hydrogen) atoms. The van der Waals surface area contributed by atoms with Gasteiger partial charge in [0.25, 0.3) is 0 Å². The molecule has 0 atom stereocenters. The zero-order valence-corrected chi connectivity index (χ0v) is 9.63. The summed E-state index contributed by atoms with van der Waals surface area (Å²) < 4.78 is 11.3. The molecule has 0 saturated heterocycles. The molecule has 0 aliphatic carbocycles. The molecule has 0 spiro atoms. The molecule has 2 rings (SSSR count). The normalized spacial score (nSPS) is 13.7. The zero-order valence-electron chi connectivity index (χ0n) is 8.04. The highest BCUT2D eigenvalue weighted by molar-refractivity contribution is 9.10. The SMILES string of the molecule is Cc1c2c(cc(Br)c1C(=O)O)OCCO2. The van der Waals surface area contributed by atoms with E-state index in [-0.39, 0.29) is 5.56 Å². The molecular weight excluding hydrogens is 264 g/mol. The third-order valence-corrected chi connectivity index (χ3v) is 2.86. The van der Waals surface area contributed by atoms with E-state index in [1.165, 1.54) is 0 Å². The van der Waals surface area contributed by atoms with E-state index < -0.39 is 5.97 Å². The van der Waals surface area contributed by atoms with Crippen molar-refractivity contribution < 1.29 is 19.4 Å². The Bertz CT molecular complexity index is 428. The van der Waals surface area contributed by atoms with Gasteiger partial charge in [-0.1, -0.05) is 0 Å². The quantitative estimate of drug-likeness (QED) is 0.852. The number of fused-ring (bicyclic) bond motifs is 1. The highest BCUT2D eigenvalue weighted by atomic mass is 79.9. The van der Waals surface area contributed by atoms with Crippen molar-refractivity contribution in [3.63, 3.8) is 0 Å². The maximum Gasteiger partial charge on any atom is 0.337 e. The minimum atomic E-state index is -0.976. The molecule has 0 radical (unpaired) electrons. The standard InChI is InChI=1S/C10H9BrO4/c1-5-8(10(12)13)6(11)4-7-9(5)15-3-2-14-7/h4H,2-3H2,1H3,(H,12,13). The van der Waals surface area contributed by atoms with Gasteiger partial charge in [-0.2, -0.15) is 0 Å². The van der Waals surface area contributed by atoms with Gasteiger partial charge in [0.05, 0.1) is 5.56 Å². The van der Waals surface area contributed by atoms with Crippen LogP contribution in [0, 0.1) is 6.92 Å². The van der Waals surface area contributed by atoms with E-state index in [1.54, 1.807) is 13.0 Å². The molecular formula is C10H9BrO4. The predicted molar refractivity (Wildman–Crippen MR) is 56.8 cm³/mol. The van der Waals surface area contributed by atoms with Crippen LogP contribution in [0.15, 0.2) is 10.5 Å². The Kier molecular flexibility index (Phi) is 2.56. The van der Waals surface area contributed by atoms with Crippen molar-refractivity contribution in [2.45, 2.75) is 6.92 Å². The van der Waals surface area contributed by atoms with Crippen LogP contribution in [-0.4, -0.2) is 24.3 Å². The van der Waals surface area contributed by atoms with Crippen LogP contribution in [0.25, 0.3) is 0 Å². The summed E-state index contributed by atoms with van der Waals surface area (Å²) in [5.74, 6) is 0.147. The average molecular weight is 273 g/mol. The molecule has 1 N–H and O–H groups in total. The van der Waals surface area contributed by atoms with Crippen LogP contribution in [0.5, 0.6) is 11.5 Å². The summed E-state index contributed by atoms with van der Waals surface area (Å²) in [4.78, 5) is 11.0. The number of halogens is 1. The van der Waals surface area contributed by atoms with Crippen molar-refractivity contribution in [1.29, 1.82) is 0 Å². The van der Waals surface area contributed by atoms with Gasteiger partial charge in [-0.25, -0.2) is 4.79 Å². The number of benzene rings is 1. The Morgan fingerprint density at radius 3 is 2.80 bits per heavy atom. The molecule has 0 amide bonds. The van der Waals surface area contributed by atoms with Gasteiger partial charge in [0.15, 0.2) is 11.5 Å². The van der Waals surface area contributed by atoms with Gasteiger partial charge < -0.3 is 14.6 Å². The summed E-state index contributed by atoms with van der Waals surface area (Å²) in [5.41, 5.74) is 0.811. The van der Waals surface area contributed by atoms with Crippen LogP contribution in [-0.2, 0) is 0 Å². The topological polar surface area (TPSA) is 55.8 Å². The van der Waals surface area contributed by atoms with Gasteiger partial charge in [0.2, 0.25) is 0 Å².